The Morgan fingerprint density at radius 3 is 2.80 bits per heavy atom. The summed E-state index contributed by atoms with van der Waals surface area (Å²) in [5.74, 6) is 0.448. The van der Waals surface area contributed by atoms with Crippen LogP contribution in [0.1, 0.15) is 47.2 Å². The van der Waals surface area contributed by atoms with Crippen LogP contribution in [0.4, 0.5) is 4.39 Å². The summed E-state index contributed by atoms with van der Waals surface area (Å²) in [6, 6.07) is 6.29. The molecule has 0 bridgehead atoms. The van der Waals surface area contributed by atoms with Gasteiger partial charge in [0.15, 0.2) is 5.16 Å². The monoisotopic (exact) mass is 442 g/mol. The van der Waals surface area contributed by atoms with Crippen molar-refractivity contribution < 1.29 is 8.81 Å². The molecular formula is C21H19FN4O2S2. The number of rotatable bonds is 4. The first kappa shape index (κ1) is 19.4. The molecule has 0 radical (unpaired) electrons. The van der Waals surface area contributed by atoms with Gasteiger partial charge < -0.3 is 4.42 Å². The number of aryl methyl sites for hydroxylation is 3. The Morgan fingerprint density at radius 1 is 1.23 bits per heavy atom. The molecular weight excluding hydrogens is 423 g/mol. The van der Waals surface area contributed by atoms with Gasteiger partial charge in [-0.2, -0.15) is 0 Å². The van der Waals surface area contributed by atoms with E-state index in [1.807, 2.05) is 6.92 Å². The molecule has 154 valence electrons. The fourth-order valence-electron chi connectivity index (χ4n) is 3.80. The second-order valence-corrected chi connectivity index (χ2v) is 9.69. The zero-order valence-electron chi connectivity index (χ0n) is 16.5. The van der Waals surface area contributed by atoms with E-state index in [0.29, 0.717) is 22.3 Å². The average Bonchev–Trinajstić information content (AvgIpc) is 3.32. The standard InChI is InChI=1S/C21H19FN4O2S2/c1-11(18-25-24-12(2)28-18)29-21-23-19-17(13-7-3-6-10-16(13)30-19)20(27)26(21)15-9-5-4-8-14(15)22/h4-5,8-9,11H,3,6-7,10H2,1-2H3. The van der Waals surface area contributed by atoms with Crippen molar-refractivity contribution in [3.8, 4) is 5.69 Å². The molecule has 4 aromatic rings. The third-order valence-electron chi connectivity index (χ3n) is 5.22. The van der Waals surface area contributed by atoms with Crippen molar-refractivity contribution in [1.82, 2.24) is 19.7 Å². The van der Waals surface area contributed by atoms with Gasteiger partial charge >= 0.3 is 0 Å². The first-order valence-electron chi connectivity index (χ1n) is 9.82. The Kier molecular flexibility index (Phi) is 4.94. The second kappa shape index (κ2) is 7.63. The number of benzene rings is 1. The molecule has 3 heterocycles. The Hall–Kier alpha value is -2.52. The van der Waals surface area contributed by atoms with Crippen LogP contribution in [0.3, 0.4) is 0 Å². The van der Waals surface area contributed by atoms with Gasteiger partial charge in [0, 0.05) is 11.8 Å². The highest BCUT2D eigenvalue weighted by Crippen LogP contribution is 2.38. The van der Waals surface area contributed by atoms with Gasteiger partial charge in [-0.1, -0.05) is 23.9 Å². The van der Waals surface area contributed by atoms with E-state index < -0.39 is 5.82 Å². The lowest BCUT2D eigenvalue weighted by Gasteiger charge is -2.15. The van der Waals surface area contributed by atoms with Crippen LogP contribution < -0.4 is 5.56 Å². The van der Waals surface area contributed by atoms with E-state index in [4.69, 9.17) is 9.40 Å². The number of aromatic nitrogens is 4. The number of hydrogen-bond acceptors (Lipinski definition) is 7. The molecule has 0 amide bonds. The molecule has 1 aliphatic carbocycles. The Bertz CT molecular complexity index is 1310. The van der Waals surface area contributed by atoms with Crippen LogP contribution >= 0.6 is 23.1 Å². The fourth-order valence-corrected chi connectivity index (χ4v) is 6.05. The van der Waals surface area contributed by atoms with Crippen LogP contribution in [0.5, 0.6) is 0 Å². The zero-order chi connectivity index (χ0) is 20.8. The number of hydrogen-bond donors (Lipinski definition) is 0. The van der Waals surface area contributed by atoms with Gasteiger partial charge in [0.05, 0.1) is 16.3 Å². The minimum Gasteiger partial charge on any atom is -0.424 e. The van der Waals surface area contributed by atoms with Gasteiger partial charge in [0.1, 0.15) is 10.6 Å². The highest BCUT2D eigenvalue weighted by Gasteiger charge is 2.25. The molecule has 30 heavy (non-hydrogen) atoms. The first-order chi connectivity index (χ1) is 14.5. The van der Waals surface area contributed by atoms with Crippen LogP contribution in [-0.4, -0.2) is 19.7 Å². The summed E-state index contributed by atoms with van der Waals surface area (Å²) in [5, 5.41) is 8.75. The molecule has 1 atom stereocenters. The van der Waals surface area contributed by atoms with Gasteiger partial charge in [-0.05, 0) is 50.3 Å². The van der Waals surface area contributed by atoms with E-state index in [-0.39, 0.29) is 16.5 Å². The molecule has 0 saturated carbocycles. The Morgan fingerprint density at radius 2 is 2.03 bits per heavy atom. The third kappa shape index (κ3) is 3.26. The molecule has 5 rings (SSSR count). The largest absolute Gasteiger partial charge is 0.424 e. The molecule has 1 aliphatic rings. The predicted molar refractivity (Wildman–Crippen MR) is 115 cm³/mol. The third-order valence-corrected chi connectivity index (χ3v) is 7.45. The highest BCUT2D eigenvalue weighted by atomic mass is 32.2. The van der Waals surface area contributed by atoms with Gasteiger partial charge in [-0.3, -0.25) is 9.36 Å². The molecule has 6 nitrogen and oxygen atoms in total. The lowest BCUT2D eigenvalue weighted by atomic mass is 9.97. The first-order valence-corrected chi connectivity index (χ1v) is 11.5. The molecule has 0 spiro atoms. The zero-order valence-corrected chi connectivity index (χ0v) is 18.1. The summed E-state index contributed by atoms with van der Waals surface area (Å²) in [5.41, 5.74) is 1.06. The summed E-state index contributed by atoms with van der Waals surface area (Å²) in [7, 11) is 0. The van der Waals surface area contributed by atoms with Gasteiger partial charge in [-0.25, -0.2) is 9.37 Å². The highest BCUT2D eigenvalue weighted by molar-refractivity contribution is 7.99. The van der Waals surface area contributed by atoms with E-state index in [2.05, 4.69) is 10.2 Å². The van der Waals surface area contributed by atoms with Crippen molar-refractivity contribution in [2.24, 2.45) is 0 Å². The SMILES string of the molecule is Cc1nnc(C(C)Sc2nc3sc4c(c3c(=O)n2-c2ccccc2F)CCCC4)o1. The van der Waals surface area contributed by atoms with Crippen LogP contribution in [0.15, 0.2) is 38.6 Å². The van der Waals surface area contributed by atoms with Crippen molar-refractivity contribution in [3.63, 3.8) is 0 Å². The summed E-state index contributed by atoms with van der Waals surface area (Å²) < 4.78 is 21.7. The Labute approximate surface area is 180 Å². The van der Waals surface area contributed by atoms with Crippen molar-refractivity contribution in [2.75, 3.05) is 0 Å². The topological polar surface area (TPSA) is 73.8 Å². The molecule has 9 heteroatoms. The normalized spacial score (nSPS) is 14.8. The number of fused-ring (bicyclic) bond motifs is 3. The summed E-state index contributed by atoms with van der Waals surface area (Å²) in [6.07, 6.45) is 4.02. The molecule has 0 fully saturated rings. The maximum Gasteiger partial charge on any atom is 0.267 e. The van der Waals surface area contributed by atoms with Gasteiger partial charge in [0.2, 0.25) is 11.8 Å². The van der Waals surface area contributed by atoms with Crippen molar-refractivity contribution in [1.29, 1.82) is 0 Å². The van der Waals surface area contributed by atoms with E-state index >= 15 is 0 Å². The molecule has 1 unspecified atom stereocenters. The fraction of sp³-hybridized carbons (Fsp3) is 0.333. The molecule has 3 aromatic heterocycles. The second-order valence-electron chi connectivity index (χ2n) is 7.30. The molecule has 0 N–H and O–H groups in total. The minimum atomic E-state index is -0.465. The van der Waals surface area contributed by atoms with Crippen molar-refractivity contribution in [2.45, 2.75) is 49.9 Å². The van der Waals surface area contributed by atoms with Crippen LogP contribution in [-0.2, 0) is 12.8 Å². The van der Waals surface area contributed by atoms with Crippen LogP contribution in [0.2, 0.25) is 0 Å². The van der Waals surface area contributed by atoms with E-state index in [1.54, 1.807) is 36.5 Å². The van der Waals surface area contributed by atoms with Crippen molar-refractivity contribution in [3.05, 3.63) is 62.7 Å². The number of nitrogens with zero attached hydrogens (tertiary/aromatic N) is 4. The summed E-state index contributed by atoms with van der Waals surface area (Å²) in [6.45, 7) is 3.63. The molecule has 0 saturated heterocycles. The van der Waals surface area contributed by atoms with E-state index in [9.17, 15) is 9.18 Å². The van der Waals surface area contributed by atoms with E-state index in [1.165, 1.54) is 27.3 Å². The number of halogens is 1. The quantitative estimate of drug-likeness (QED) is 0.327. The Balaban J connectivity index is 1.73. The summed E-state index contributed by atoms with van der Waals surface area (Å²) >= 11 is 2.89. The number of para-hydroxylation sites is 1. The summed E-state index contributed by atoms with van der Waals surface area (Å²) in [4.78, 5) is 20.4. The van der Waals surface area contributed by atoms with E-state index in [0.717, 1.165) is 36.1 Å². The lowest BCUT2D eigenvalue weighted by Crippen LogP contribution is -2.23. The minimum absolute atomic E-state index is 0.198. The van der Waals surface area contributed by atoms with Crippen LogP contribution in [0.25, 0.3) is 15.9 Å². The van der Waals surface area contributed by atoms with Gasteiger partial charge in [0.25, 0.3) is 5.56 Å². The number of thiophene rings is 1. The maximum absolute atomic E-state index is 14.7. The van der Waals surface area contributed by atoms with Crippen LogP contribution in [0, 0.1) is 12.7 Å². The van der Waals surface area contributed by atoms with Gasteiger partial charge in [-0.15, -0.1) is 21.5 Å². The average molecular weight is 443 g/mol. The smallest absolute Gasteiger partial charge is 0.267 e. The lowest BCUT2D eigenvalue weighted by molar-refractivity contribution is 0.470. The number of thioether (sulfide) groups is 1. The van der Waals surface area contributed by atoms with Crippen molar-refractivity contribution >= 4 is 33.3 Å². The molecule has 1 aromatic carbocycles. The maximum atomic E-state index is 14.7. The predicted octanol–water partition coefficient (Wildman–Crippen LogP) is 5.01. The molecule has 0 aliphatic heterocycles.